The molecule has 0 aliphatic rings. The lowest BCUT2D eigenvalue weighted by atomic mass is 9.78. The number of rotatable bonds is 2. The van der Waals surface area contributed by atoms with Gasteiger partial charge in [0, 0.05) is 17.8 Å². The minimum Gasteiger partial charge on any atom is -0.423 e. The Balaban J connectivity index is 2.27. The summed E-state index contributed by atoms with van der Waals surface area (Å²) in [6, 6.07) is 6.93. The molecule has 6 nitrogen and oxygen atoms in total. The monoisotopic (exact) mass is 254 g/mol. The van der Waals surface area contributed by atoms with Crippen LogP contribution in [0.15, 0.2) is 36.7 Å². The molecule has 0 aliphatic carbocycles. The van der Waals surface area contributed by atoms with Gasteiger partial charge in [-0.2, -0.15) is 5.10 Å². The van der Waals surface area contributed by atoms with Gasteiger partial charge in [0.2, 0.25) is 0 Å². The van der Waals surface area contributed by atoms with E-state index in [1.165, 1.54) is 0 Å². The van der Waals surface area contributed by atoms with E-state index in [1.807, 2.05) is 13.0 Å². The van der Waals surface area contributed by atoms with E-state index in [-0.39, 0.29) is 0 Å². The van der Waals surface area contributed by atoms with Gasteiger partial charge in [0.15, 0.2) is 11.5 Å². The molecule has 0 aliphatic heterocycles. The zero-order valence-electron chi connectivity index (χ0n) is 10.2. The van der Waals surface area contributed by atoms with Crippen LogP contribution in [0.25, 0.3) is 16.9 Å². The number of hydrogen-bond donors (Lipinski definition) is 2. The van der Waals surface area contributed by atoms with Gasteiger partial charge < -0.3 is 10.0 Å². The molecule has 3 heterocycles. The molecule has 7 heteroatoms. The van der Waals surface area contributed by atoms with E-state index in [9.17, 15) is 10.0 Å². The van der Waals surface area contributed by atoms with E-state index >= 15 is 0 Å². The van der Waals surface area contributed by atoms with Crippen molar-refractivity contribution in [2.75, 3.05) is 0 Å². The van der Waals surface area contributed by atoms with Crippen molar-refractivity contribution in [3.05, 3.63) is 42.4 Å². The highest BCUT2D eigenvalue weighted by atomic mass is 16.4. The molecule has 3 aromatic heterocycles. The fourth-order valence-electron chi connectivity index (χ4n) is 1.94. The van der Waals surface area contributed by atoms with Gasteiger partial charge in [0.25, 0.3) is 0 Å². The number of aryl methyl sites for hydroxylation is 1. The summed E-state index contributed by atoms with van der Waals surface area (Å²) >= 11 is 0. The highest BCUT2D eigenvalue weighted by Crippen LogP contribution is 2.11. The zero-order chi connectivity index (χ0) is 13.4. The van der Waals surface area contributed by atoms with Crippen LogP contribution in [-0.4, -0.2) is 36.9 Å². The standard InChI is InChI=1S/C12H11BN4O2/c1-8-4-6-17(16-8)11-7-10(13(18)19)9-3-2-5-14-12(9)15-11/h2-7,18-19H,1H3. The van der Waals surface area contributed by atoms with Crippen LogP contribution in [0.1, 0.15) is 5.69 Å². The first-order valence-corrected chi connectivity index (χ1v) is 5.79. The number of nitrogens with zero attached hydrogens (tertiary/aromatic N) is 4. The minimum absolute atomic E-state index is 0.362. The van der Waals surface area contributed by atoms with Crippen molar-refractivity contribution >= 4 is 23.6 Å². The second-order valence-corrected chi connectivity index (χ2v) is 4.22. The third-order valence-corrected chi connectivity index (χ3v) is 2.84. The molecule has 0 unspecified atom stereocenters. The topological polar surface area (TPSA) is 84.1 Å². The largest absolute Gasteiger partial charge is 0.489 e. The van der Waals surface area contributed by atoms with Crippen molar-refractivity contribution < 1.29 is 10.0 Å². The van der Waals surface area contributed by atoms with Crippen LogP contribution >= 0.6 is 0 Å². The molecule has 94 valence electrons. The summed E-state index contributed by atoms with van der Waals surface area (Å²) in [4.78, 5) is 8.51. The Bertz CT molecular complexity index is 741. The van der Waals surface area contributed by atoms with Crippen LogP contribution in [0, 0.1) is 6.92 Å². The molecule has 3 aromatic rings. The second kappa shape index (κ2) is 4.45. The lowest BCUT2D eigenvalue weighted by Gasteiger charge is -2.08. The van der Waals surface area contributed by atoms with Crippen LogP contribution < -0.4 is 5.46 Å². The smallest absolute Gasteiger partial charge is 0.423 e. The van der Waals surface area contributed by atoms with Crippen molar-refractivity contribution in [2.45, 2.75) is 6.92 Å². The van der Waals surface area contributed by atoms with Gasteiger partial charge in [-0.1, -0.05) is 6.07 Å². The van der Waals surface area contributed by atoms with Crippen molar-refractivity contribution in [1.29, 1.82) is 0 Å². The Hall–Kier alpha value is -2.25. The highest BCUT2D eigenvalue weighted by molar-refractivity contribution is 6.61. The van der Waals surface area contributed by atoms with Gasteiger partial charge in [0.05, 0.1) is 5.69 Å². The molecule has 0 aromatic carbocycles. The highest BCUT2D eigenvalue weighted by Gasteiger charge is 2.18. The number of aromatic nitrogens is 4. The summed E-state index contributed by atoms with van der Waals surface area (Å²) in [7, 11) is -1.58. The summed E-state index contributed by atoms with van der Waals surface area (Å²) in [5, 5.41) is 23.8. The summed E-state index contributed by atoms with van der Waals surface area (Å²) in [5.74, 6) is 0.502. The summed E-state index contributed by atoms with van der Waals surface area (Å²) in [6.07, 6.45) is 3.38. The van der Waals surface area contributed by atoms with Gasteiger partial charge >= 0.3 is 7.12 Å². The number of fused-ring (bicyclic) bond motifs is 1. The third-order valence-electron chi connectivity index (χ3n) is 2.84. The molecule has 2 N–H and O–H groups in total. The molecule has 0 saturated carbocycles. The molecular formula is C12H11BN4O2. The van der Waals surface area contributed by atoms with E-state index in [1.54, 1.807) is 35.3 Å². The first-order chi connectivity index (χ1) is 9.15. The first-order valence-electron chi connectivity index (χ1n) is 5.79. The first kappa shape index (κ1) is 11.8. The second-order valence-electron chi connectivity index (χ2n) is 4.22. The molecule has 0 fully saturated rings. The predicted octanol–water partition coefficient (Wildman–Crippen LogP) is -0.196. The van der Waals surface area contributed by atoms with Gasteiger partial charge in [-0.15, -0.1) is 0 Å². The Kier molecular flexibility index (Phi) is 2.77. The molecule has 0 saturated heterocycles. The van der Waals surface area contributed by atoms with Crippen LogP contribution in [0.2, 0.25) is 0 Å². The van der Waals surface area contributed by atoms with Crippen LogP contribution in [0.4, 0.5) is 0 Å². The third kappa shape index (κ3) is 2.09. The van der Waals surface area contributed by atoms with E-state index < -0.39 is 7.12 Å². The summed E-state index contributed by atoms with van der Waals surface area (Å²) < 4.78 is 1.58. The molecule has 0 radical (unpaired) electrons. The maximum absolute atomic E-state index is 9.47. The lowest BCUT2D eigenvalue weighted by Crippen LogP contribution is -2.31. The average molecular weight is 254 g/mol. The van der Waals surface area contributed by atoms with Crippen molar-refractivity contribution in [1.82, 2.24) is 19.7 Å². The molecule has 0 atom stereocenters. The average Bonchev–Trinajstić information content (AvgIpc) is 2.84. The maximum atomic E-state index is 9.47. The Morgan fingerprint density at radius 2 is 2.11 bits per heavy atom. The predicted molar refractivity (Wildman–Crippen MR) is 71.2 cm³/mol. The van der Waals surface area contributed by atoms with E-state index in [2.05, 4.69) is 15.1 Å². The van der Waals surface area contributed by atoms with Gasteiger partial charge in [-0.05, 0) is 30.6 Å². The van der Waals surface area contributed by atoms with Crippen LogP contribution in [-0.2, 0) is 0 Å². The molecule has 3 rings (SSSR count). The summed E-state index contributed by atoms with van der Waals surface area (Å²) in [5.41, 5.74) is 1.67. The number of pyridine rings is 2. The molecular weight excluding hydrogens is 243 g/mol. The fourth-order valence-corrected chi connectivity index (χ4v) is 1.94. The Morgan fingerprint density at radius 3 is 2.79 bits per heavy atom. The molecule has 0 spiro atoms. The SMILES string of the molecule is Cc1ccn(-c2cc(B(O)O)c3cccnc3n2)n1. The molecule has 0 bridgehead atoms. The van der Waals surface area contributed by atoms with Crippen LogP contribution in [0.3, 0.4) is 0 Å². The normalized spacial score (nSPS) is 10.9. The Morgan fingerprint density at radius 1 is 1.26 bits per heavy atom. The van der Waals surface area contributed by atoms with Gasteiger partial charge in [-0.25, -0.2) is 14.6 Å². The van der Waals surface area contributed by atoms with Crippen molar-refractivity contribution in [3.8, 4) is 5.82 Å². The van der Waals surface area contributed by atoms with E-state index in [0.29, 0.717) is 22.3 Å². The quantitative estimate of drug-likeness (QED) is 0.619. The number of hydrogen-bond acceptors (Lipinski definition) is 5. The molecule has 19 heavy (non-hydrogen) atoms. The minimum atomic E-state index is -1.58. The van der Waals surface area contributed by atoms with Crippen molar-refractivity contribution in [3.63, 3.8) is 0 Å². The Labute approximate surface area is 109 Å². The van der Waals surface area contributed by atoms with Crippen molar-refractivity contribution in [2.24, 2.45) is 0 Å². The zero-order valence-corrected chi connectivity index (χ0v) is 10.2. The van der Waals surface area contributed by atoms with Gasteiger partial charge in [0.1, 0.15) is 0 Å². The van der Waals surface area contributed by atoms with Crippen LogP contribution in [0.5, 0.6) is 0 Å². The van der Waals surface area contributed by atoms with E-state index in [4.69, 9.17) is 0 Å². The van der Waals surface area contributed by atoms with Gasteiger partial charge in [-0.3, -0.25) is 0 Å². The molecule has 0 amide bonds. The fraction of sp³-hybridized carbons (Fsp3) is 0.0833. The maximum Gasteiger partial charge on any atom is 0.489 e. The summed E-state index contributed by atoms with van der Waals surface area (Å²) in [6.45, 7) is 1.87. The lowest BCUT2D eigenvalue weighted by molar-refractivity contribution is 0.426. The van der Waals surface area contributed by atoms with E-state index in [0.717, 1.165) is 5.69 Å².